The summed E-state index contributed by atoms with van der Waals surface area (Å²) in [6.07, 6.45) is 1.56. The zero-order chi connectivity index (χ0) is 10.7. The van der Waals surface area contributed by atoms with Crippen molar-refractivity contribution in [2.24, 2.45) is 0 Å². The minimum Gasteiger partial charge on any atom is -0.384 e. The number of rotatable bonds is 0. The van der Waals surface area contributed by atoms with Crippen LogP contribution < -0.4 is 0 Å². The highest BCUT2D eigenvalue weighted by Gasteiger charge is 1.98. The second-order valence-corrected chi connectivity index (χ2v) is 3.28. The van der Waals surface area contributed by atoms with Crippen LogP contribution in [0.25, 0.3) is 11.0 Å². The predicted octanol–water partition coefficient (Wildman–Crippen LogP) is 1.63. The lowest BCUT2D eigenvalue weighted by Crippen LogP contribution is -1.88. The maximum absolute atomic E-state index is 8.54. The van der Waals surface area contributed by atoms with Gasteiger partial charge in [0.2, 0.25) is 0 Å². The number of hydrogen-bond donors (Lipinski definition) is 1. The maximum Gasteiger partial charge on any atom is 0.132 e. The van der Waals surface area contributed by atoms with E-state index < -0.39 is 0 Å². The molecule has 0 unspecified atom stereocenters. The Balaban J connectivity index is 2.52. The lowest BCUT2D eigenvalue weighted by molar-refractivity contribution is 0.350. The molecule has 3 nitrogen and oxygen atoms in total. The van der Waals surface area contributed by atoms with E-state index in [1.807, 2.05) is 0 Å². The van der Waals surface area contributed by atoms with Crippen LogP contribution in [0, 0.1) is 11.8 Å². The molecule has 0 radical (unpaired) electrons. The average Bonchev–Trinajstić information content (AvgIpc) is 2.26. The minimum atomic E-state index is -0.180. The molecule has 0 atom stereocenters. The second-order valence-electron chi connectivity index (χ2n) is 2.85. The second kappa shape index (κ2) is 4.26. The van der Waals surface area contributed by atoms with Crippen molar-refractivity contribution in [3.05, 3.63) is 35.1 Å². The van der Waals surface area contributed by atoms with Gasteiger partial charge in [-0.2, -0.15) is 0 Å². The van der Waals surface area contributed by atoms with Crippen molar-refractivity contribution in [1.29, 1.82) is 0 Å². The third-order valence-corrected chi connectivity index (χ3v) is 2.03. The van der Waals surface area contributed by atoms with Crippen LogP contribution in [-0.2, 0) is 0 Å². The van der Waals surface area contributed by atoms with Crippen LogP contribution in [0.2, 0.25) is 5.02 Å². The van der Waals surface area contributed by atoms with Crippen molar-refractivity contribution in [2.75, 3.05) is 6.61 Å². The Morgan fingerprint density at radius 3 is 3.00 bits per heavy atom. The fourth-order valence-corrected chi connectivity index (χ4v) is 1.34. The normalized spacial score (nSPS) is 9.73. The molecule has 0 amide bonds. The lowest BCUT2D eigenvalue weighted by Gasteiger charge is -1.97. The molecule has 15 heavy (non-hydrogen) atoms. The highest BCUT2D eigenvalue weighted by molar-refractivity contribution is 6.31. The van der Waals surface area contributed by atoms with Crippen LogP contribution in [-0.4, -0.2) is 21.7 Å². The highest BCUT2D eigenvalue weighted by Crippen LogP contribution is 2.15. The summed E-state index contributed by atoms with van der Waals surface area (Å²) in [7, 11) is 0. The van der Waals surface area contributed by atoms with Crippen molar-refractivity contribution >= 4 is 22.6 Å². The van der Waals surface area contributed by atoms with Gasteiger partial charge in [-0.1, -0.05) is 17.5 Å². The van der Waals surface area contributed by atoms with E-state index in [1.165, 1.54) is 0 Å². The molecule has 0 fully saturated rings. The summed E-state index contributed by atoms with van der Waals surface area (Å²) >= 11 is 5.81. The fraction of sp³-hybridized carbons (Fsp3) is 0.0909. The number of aliphatic hydroxyl groups is 1. The standard InChI is InChI=1S/C11H7ClN2O/c12-8-3-4-10-11(6-8)13-7-9(14-10)2-1-5-15/h3-4,6-7,15H,5H2. The summed E-state index contributed by atoms with van der Waals surface area (Å²) in [6, 6.07) is 5.28. The number of benzene rings is 1. The molecule has 0 spiro atoms. The Morgan fingerprint density at radius 1 is 1.33 bits per heavy atom. The van der Waals surface area contributed by atoms with Crippen LogP contribution in [0.4, 0.5) is 0 Å². The van der Waals surface area contributed by atoms with Gasteiger partial charge in [-0.3, -0.25) is 4.98 Å². The number of fused-ring (bicyclic) bond motifs is 1. The Labute approximate surface area is 91.7 Å². The maximum atomic E-state index is 8.54. The number of nitrogens with zero attached hydrogens (tertiary/aromatic N) is 2. The van der Waals surface area contributed by atoms with Gasteiger partial charge < -0.3 is 5.11 Å². The molecule has 1 aromatic carbocycles. The molecule has 0 saturated heterocycles. The summed E-state index contributed by atoms with van der Waals surface area (Å²) in [5.74, 6) is 5.21. The first-order valence-corrected chi connectivity index (χ1v) is 4.69. The summed E-state index contributed by atoms with van der Waals surface area (Å²) in [4.78, 5) is 8.41. The third-order valence-electron chi connectivity index (χ3n) is 1.80. The Morgan fingerprint density at radius 2 is 2.20 bits per heavy atom. The van der Waals surface area contributed by atoms with Gasteiger partial charge >= 0.3 is 0 Å². The van der Waals surface area contributed by atoms with Gasteiger partial charge in [0.05, 0.1) is 17.2 Å². The molecule has 1 aromatic heterocycles. The number of hydrogen-bond acceptors (Lipinski definition) is 3. The van der Waals surface area contributed by atoms with E-state index in [1.54, 1.807) is 24.4 Å². The van der Waals surface area contributed by atoms with Crippen LogP contribution in [0.5, 0.6) is 0 Å². The minimum absolute atomic E-state index is 0.180. The Hall–Kier alpha value is -1.63. The highest BCUT2D eigenvalue weighted by atomic mass is 35.5. The van der Waals surface area contributed by atoms with Gasteiger partial charge in [0.15, 0.2) is 0 Å². The van der Waals surface area contributed by atoms with Crippen LogP contribution >= 0.6 is 11.6 Å². The topological polar surface area (TPSA) is 46.0 Å². The van der Waals surface area contributed by atoms with E-state index >= 15 is 0 Å². The van der Waals surface area contributed by atoms with Gasteiger partial charge in [-0.25, -0.2) is 4.98 Å². The van der Waals surface area contributed by atoms with E-state index in [-0.39, 0.29) is 6.61 Å². The van der Waals surface area contributed by atoms with E-state index in [9.17, 15) is 0 Å². The van der Waals surface area contributed by atoms with E-state index in [0.717, 1.165) is 11.0 Å². The number of halogens is 1. The van der Waals surface area contributed by atoms with Crippen LogP contribution in [0.1, 0.15) is 5.69 Å². The Bertz CT molecular complexity index is 557. The molecule has 0 aliphatic carbocycles. The SMILES string of the molecule is OCC#Cc1cnc2cc(Cl)ccc2n1. The molecule has 1 heterocycles. The van der Waals surface area contributed by atoms with Crippen LogP contribution in [0.15, 0.2) is 24.4 Å². The number of aromatic nitrogens is 2. The van der Waals surface area contributed by atoms with E-state index in [0.29, 0.717) is 10.7 Å². The van der Waals surface area contributed by atoms with Gasteiger partial charge in [-0.15, -0.1) is 0 Å². The molecule has 2 aromatic rings. The van der Waals surface area contributed by atoms with Crippen molar-refractivity contribution < 1.29 is 5.11 Å². The Kier molecular flexibility index (Phi) is 2.82. The molecule has 2 rings (SSSR count). The average molecular weight is 219 g/mol. The van der Waals surface area contributed by atoms with Crippen molar-refractivity contribution in [1.82, 2.24) is 9.97 Å². The predicted molar refractivity (Wildman–Crippen MR) is 58.5 cm³/mol. The van der Waals surface area contributed by atoms with Gasteiger partial charge in [-0.05, 0) is 24.1 Å². The number of aliphatic hydroxyl groups excluding tert-OH is 1. The molecule has 0 bridgehead atoms. The zero-order valence-corrected chi connectivity index (χ0v) is 8.49. The first-order valence-electron chi connectivity index (χ1n) is 4.31. The van der Waals surface area contributed by atoms with Crippen molar-refractivity contribution in [2.45, 2.75) is 0 Å². The molecule has 4 heteroatoms. The van der Waals surface area contributed by atoms with E-state index in [2.05, 4.69) is 21.8 Å². The van der Waals surface area contributed by atoms with Gasteiger partial charge in [0.25, 0.3) is 0 Å². The first kappa shape index (κ1) is 9.91. The summed E-state index contributed by atoms with van der Waals surface area (Å²) in [6.45, 7) is -0.180. The fourth-order valence-electron chi connectivity index (χ4n) is 1.17. The molecule has 0 aliphatic rings. The zero-order valence-electron chi connectivity index (χ0n) is 7.74. The molecule has 74 valence electrons. The molecular formula is C11H7ClN2O. The lowest BCUT2D eigenvalue weighted by atomic mass is 10.3. The van der Waals surface area contributed by atoms with Crippen LogP contribution in [0.3, 0.4) is 0 Å². The quantitative estimate of drug-likeness (QED) is 0.684. The third kappa shape index (κ3) is 2.24. The van der Waals surface area contributed by atoms with Gasteiger partial charge in [0.1, 0.15) is 12.3 Å². The first-order chi connectivity index (χ1) is 7.29. The van der Waals surface area contributed by atoms with Crippen molar-refractivity contribution in [3.63, 3.8) is 0 Å². The van der Waals surface area contributed by atoms with E-state index in [4.69, 9.17) is 16.7 Å². The smallest absolute Gasteiger partial charge is 0.132 e. The largest absolute Gasteiger partial charge is 0.384 e. The molecule has 0 aliphatic heterocycles. The summed E-state index contributed by atoms with van der Waals surface area (Å²) in [5.41, 5.74) is 2.01. The molecular weight excluding hydrogens is 212 g/mol. The summed E-state index contributed by atoms with van der Waals surface area (Å²) in [5, 5.41) is 9.17. The monoisotopic (exact) mass is 218 g/mol. The molecule has 1 N–H and O–H groups in total. The van der Waals surface area contributed by atoms with Crippen molar-refractivity contribution in [3.8, 4) is 11.8 Å². The van der Waals surface area contributed by atoms with Gasteiger partial charge in [0, 0.05) is 5.02 Å². The summed E-state index contributed by atoms with van der Waals surface area (Å²) < 4.78 is 0. The molecule has 0 saturated carbocycles.